The van der Waals surface area contributed by atoms with Crippen LogP contribution in [0, 0.1) is 12.3 Å². The molecule has 0 bridgehead atoms. The minimum Gasteiger partial charge on any atom is -0.480 e. The Labute approximate surface area is 123 Å². The summed E-state index contributed by atoms with van der Waals surface area (Å²) in [5.74, 6) is 0.541. The fourth-order valence-electron chi connectivity index (χ4n) is 2.21. The molecule has 2 unspecified atom stereocenters. The number of nitrogens with one attached hydrogen (secondary N) is 1. The molecule has 2 amide bonds. The molecule has 0 aromatic carbocycles. The Bertz CT molecular complexity index is 443. The van der Waals surface area contributed by atoms with Crippen LogP contribution in [-0.4, -0.2) is 53.2 Å². The van der Waals surface area contributed by atoms with E-state index < -0.39 is 30.1 Å². The number of carboxylic acids is 1. The standard InChI is InChI=1S/C14H20N2O5/c1-3-7-10(12(17)18)15-14(20)16-9-6-5-8-11(16)13(19)21-4-2/h1,10-11H,4-9H2,2H3,(H,15,20)(H,17,18). The highest BCUT2D eigenvalue weighted by molar-refractivity contribution is 5.87. The summed E-state index contributed by atoms with van der Waals surface area (Å²) in [5, 5.41) is 11.3. The Balaban J connectivity index is 2.74. The molecule has 0 aliphatic carbocycles. The second-order valence-corrected chi connectivity index (χ2v) is 4.71. The summed E-state index contributed by atoms with van der Waals surface area (Å²) in [7, 11) is 0. The van der Waals surface area contributed by atoms with E-state index in [0.29, 0.717) is 13.0 Å². The van der Waals surface area contributed by atoms with Gasteiger partial charge in [-0.3, -0.25) is 0 Å². The van der Waals surface area contributed by atoms with Gasteiger partial charge in [0.15, 0.2) is 0 Å². The van der Waals surface area contributed by atoms with Gasteiger partial charge in [0, 0.05) is 13.0 Å². The lowest BCUT2D eigenvalue weighted by atomic mass is 10.0. The van der Waals surface area contributed by atoms with E-state index in [9.17, 15) is 14.4 Å². The van der Waals surface area contributed by atoms with Crippen LogP contribution in [0.2, 0.25) is 0 Å². The summed E-state index contributed by atoms with van der Waals surface area (Å²) in [6.07, 6.45) is 7.06. The van der Waals surface area contributed by atoms with Crippen molar-refractivity contribution < 1.29 is 24.2 Å². The number of likely N-dealkylation sites (tertiary alicyclic amines) is 1. The molecule has 0 aromatic heterocycles. The highest BCUT2D eigenvalue weighted by atomic mass is 16.5. The van der Waals surface area contributed by atoms with Crippen LogP contribution < -0.4 is 5.32 Å². The first-order valence-electron chi connectivity index (χ1n) is 6.91. The van der Waals surface area contributed by atoms with Crippen molar-refractivity contribution in [3.8, 4) is 12.3 Å². The zero-order valence-electron chi connectivity index (χ0n) is 12.0. The number of rotatable bonds is 5. The second-order valence-electron chi connectivity index (χ2n) is 4.71. The van der Waals surface area contributed by atoms with Gasteiger partial charge in [-0.25, -0.2) is 14.4 Å². The molecule has 1 rings (SSSR count). The Hall–Kier alpha value is -2.23. The average molecular weight is 296 g/mol. The van der Waals surface area contributed by atoms with Gasteiger partial charge in [-0.1, -0.05) is 0 Å². The molecule has 2 atom stereocenters. The summed E-state index contributed by atoms with van der Waals surface area (Å²) >= 11 is 0. The molecular formula is C14H20N2O5. The van der Waals surface area contributed by atoms with Gasteiger partial charge in [-0.15, -0.1) is 12.3 Å². The maximum absolute atomic E-state index is 12.2. The zero-order chi connectivity index (χ0) is 15.8. The van der Waals surface area contributed by atoms with Crippen LogP contribution in [0.5, 0.6) is 0 Å². The molecule has 1 fully saturated rings. The van der Waals surface area contributed by atoms with Gasteiger partial charge in [0.25, 0.3) is 0 Å². The number of piperidine rings is 1. The highest BCUT2D eigenvalue weighted by Gasteiger charge is 2.34. The van der Waals surface area contributed by atoms with Gasteiger partial charge < -0.3 is 20.1 Å². The molecule has 1 saturated heterocycles. The quantitative estimate of drug-likeness (QED) is 0.572. The van der Waals surface area contributed by atoms with E-state index in [2.05, 4.69) is 11.2 Å². The van der Waals surface area contributed by atoms with Gasteiger partial charge in [0.1, 0.15) is 12.1 Å². The van der Waals surface area contributed by atoms with Crippen molar-refractivity contribution >= 4 is 18.0 Å². The third-order valence-electron chi connectivity index (χ3n) is 3.24. The fourth-order valence-corrected chi connectivity index (χ4v) is 2.21. The van der Waals surface area contributed by atoms with E-state index in [1.807, 2.05) is 0 Å². The van der Waals surface area contributed by atoms with Crippen LogP contribution in [0.1, 0.15) is 32.6 Å². The number of carbonyl (C=O) groups is 3. The predicted molar refractivity (Wildman–Crippen MR) is 74.4 cm³/mol. The highest BCUT2D eigenvalue weighted by Crippen LogP contribution is 2.18. The summed E-state index contributed by atoms with van der Waals surface area (Å²) in [5.41, 5.74) is 0. The largest absolute Gasteiger partial charge is 0.480 e. The number of hydrogen-bond donors (Lipinski definition) is 2. The molecule has 1 heterocycles. The second kappa shape index (κ2) is 8.15. The maximum atomic E-state index is 12.2. The molecule has 7 nitrogen and oxygen atoms in total. The number of urea groups is 1. The minimum atomic E-state index is -1.20. The van der Waals surface area contributed by atoms with Crippen molar-refractivity contribution in [1.29, 1.82) is 0 Å². The molecule has 116 valence electrons. The number of carbonyl (C=O) groups excluding carboxylic acids is 2. The normalized spacial score (nSPS) is 19.2. The summed E-state index contributed by atoms with van der Waals surface area (Å²) in [4.78, 5) is 36.4. The number of hydrogen-bond acceptors (Lipinski definition) is 4. The monoisotopic (exact) mass is 296 g/mol. The number of carboxylic acid groups (broad SMARTS) is 1. The molecular weight excluding hydrogens is 276 g/mol. The predicted octanol–water partition coefficient (Wildman–Crippen LogP) is 0.590. The van der Waals surface area contributed by atoms with E-state index in [0.717, 1.165) is 12.8 Å². The summed E-state index contributed by atoms with van der Waals surface area (Å²) in [6, 6.07) is -2.43. The number of nitrogens with zero attached hydrogens (tertiary/aromatic N) is 1. The first-order chi connectivity index (χ1) is 10.0. The number of esters is 1. The van der Waals surface area contributed by atoms with Gasteiger partial charge >= 0.3 is 18.0 Å². The van der Waals surface area contributed by atoms with Crippen molar-refractivity contribution in [2.75, 3.05) is 13.2 Å². The SMILES string of the molecule is C#CCC(NC(=O)N1CCCCC1C(=O)OCC)C(=O)O. The van der Waals surface area contributed by atoms with E-state index in [1.165, 1.54) is 4.90 Å². The van der Waals surface area contributed by atoms with Gasteiger partial charge in [-0.2, -0.15) is 0 Å². The maximum Gasteiger partial charge on any atom is 0.328 e. The van der Waals surface area contributed by atoms with Gasteiger partial charge in [0.2, 0.25) is 0 Å². The third kappa shape index (κ3) is 4.67. The molecule has 1 aliphatic heterocycles. The molecule has 0 spiro atoms. The first kappa shape index (κ1) is 16.8. The number of amides is 2. The van der Waals surface area contributed by atoms with Crippen molar-refractivity contribution in [3.63, 3.8) is 0 Å². The lowest BCUT2D eigenvalue weighted by Gasteiger charge is -2.34. The summed E-state index contributed by atoms with van der Waals surface area (Å²) in [6.45, 7) is 2.32. The van der Waals surface area contributed by atoms with Crippen molar-refractivity contribution in [3.05, 3.63) is 0 Å². The molecule has 1 aliphatic rings. The minimum absolute atomic E-state index is 0.112. The number of aliphatic carboxylic acids is 1. The van der Waals surface area contributed by atoms with Gasteiger partial charge in [-0.05, 0) is 26.2 Å². The Morgan fingerprint density at radius 1 is 1.48 bits per heavy atom. The van der Waals surface area contributed by atoms with Crippen molar-refractivity contribution in [2.24, 2.45) is 0 Å². The number of ether oxygens (including phenoxy) is 1. The molecule has 2 N–H and O–H groups in total. The van der Waals surface area contributed by atoms with E-state index >= 15 is 0 Å². The molecule has 0 radical (unpaired) electrons. The molecule has 21 heavy (non-hydrogen) atoms. The van der Waals surface area contributed by atoms with Crippen LogP contribution in [-0.2, 0) is 14.3 Å². The van der Waals surface area contributed by atoms with Gasteiger partial charge in [0.05, 0.1) is 6.61 Å². The van der Waals surface area contributed by atoms with E-state index in [1.54, 1.807) is 6.92 Å². The average Bonchev–Trinajstić information content (AvgIpc) is 2.46. The van der Waals surface area contributed by atoms with Crippen LogP contribution in [0.15, 0.2) is 0 Å². The van der Waals surface area contributed by atoms with Crippen LogP contribution in [0.3, 0.4) is 0 Å². The summed E-state index contributed by atoms with van der Waals surface area (Å²) < 4.78 is 4.95. The lowest BCUT2D eigenvalue weighted by Crippen LogP contribution is -2.55. The van der Waals surface area contributed by atoms with Crippen LogP contribution in [0.4, 0.5) is 4.79 Å². The van der Waals surface area contributed by atoms with Crippen LogP contribution in [0.25, 0.3) is 0 Å². The number of terminal acetylenes is 1. The smallest absolute Gasteiger partial charge is 0.328 e. The molecule has 0 saturated carbocycles. The topological polar surface area (TPSA) is 95.9 Å². The molecule has 0 aromatic rings. The Morgan fingerprint density at radius 3 is 2.76 bits per heavy atom. The van der Waals surface area contributed by atoms with Crippen molar-refractivity contribution in [1.82, 2.24) is 10.2 Å². The lowest BCUT2D eigenvalue weighted by molar-refractivity contribution is -0.149. The first-order valence-corrected chi connectivity index (χ1v) is 6.91. The van der Waals surface area contributed by atoms with E-state index in [-0.39, 0.29) is 13.0 Å². The Morgan fingerprint density at radius 2 is 2.19 bits per heavy atom. The zero-order valence-corrected chi connectivity index (χ0v) is 12.0. The fraction of sp³-hybridized carbons (Fsp3) is 0.643. The van der Waals surface area contributed by atoms with Crippen molar-refractivity contribution in [2.45, 2.75) is 44.7 Å². The third-order valence-corrected chi connectivity index (χ3v) is 3.24. The molecule has 7 heteroatoms. The van der Waals surface area contributed by atoms with E-state index in [4.69, 9.17) is 16.3 Å². The van der Waals surface area contributed by atoms with Crippen LogP contribution >= 0.6 is 0 Å². The Kier molecular flexibility index (Phi) is 6.53.